The van der Waals surface area contributed by atoms with E-state index in [9.17, 15) is 4.79 Å². The van der Waals surface area contributed by atoms with Crippen LogP contribution in [0.1, 0.15) is 45.1 Å². The third-order valence-electron chi connectivity index (χ3n) is 6.93. The number of aromatic nitrogens is 2. The molecule has 3 aliphatic carbocycles. The van der Waals surface area contributed by atoms with Crippen LogP contribution < -0.4 is 32.6 Å². The van der Waals surface area contributed by atoms with Crippen LogP contribution in [0.2, 0.25) is 0 Å². The predicted octanol–water partition coefficient (Wildman–Crippen LogP) is 2.56. The van der Waals surface area contributed by atoms with Gasteiger partial charge >= 0.3 is 0 Å². The van der Waals surface area contributed by atoms with Crippen molar-refractivity contribution in [2.75, 3.05) is 12.4 Å². The predicted molar refractivity (Wildman–Crippen MR) is 138 cm³/mol. The summed E-state index contributed by atoms with van der Waals surface area (Å²) in [4.78, 5) is 20.6. The first-order valence-corrected chi connectivity index (χ1v) is 12.2. The highest BCUT2D eigenvalue weighted by molar-refractivity contribution is 5.82. The maximum Gasteiger partial charge on any atom is 0.228 e. The SMILES string of the molecule is COc1c(NC(/C=C(\N)NC(=O)C2CC2)=C(\C)N)cccc1-c1cnn(C2CC3CC3C2)c1.NC=O. The molecule has 1 aromatic heterocycles. The lowest BCUT2D eigenvalue weighted by atomic mass is 10.1. The number of nitrogens with one attached hydrogen (secondary N) is 2. The smallest absolute Gasteiger partial charge is 0.228 e. The van der Waals surface area contributed by atoms with Gasteiger partial charge in [0, 0.05) is 35.0 Å². The minimum atomic E-state index is -0.0473. The van der Waals surface area contributed by atoms with Crippen molar-refractivity contribution in [3.63, 3.8) is 0 Å². The van der Waals surface area contributed by atoms with Gasteiger partial charge in [0.15, 0.2) is 0 Å². The highest BCUT2D eigenvalue weighted by atomic mass is 16.5. The van der Waals surface area contributed by atoms with Crippen molar-refractivity contribution in [3.05, 3.63) is 53.9 Å². The molecule has 8 N–H and O–H groups in total. The Morgan fingerprint density at radius 1 is 1.19 bits per heavy atom. The average molecular weight is 494 g/mol. The Morgan fingerprint density at radius 3 is 2.50 bits per heavy atom. The number of primary amides is 1. The normalized spacial score (nSPS) is 22.9. The number of anilines is 1. The molecule has 2 amide bonds. The number of fused-ring (bicyclic) bond motifs is 1. The van der Waals surface area contributed by atoms with Crippen molar-refractivity contribution in [1.82, 2.24) is 15.1 Å². The Balaban J connectivity index is 0.000000967. The van der Waals surface area contributed by atoms with E-state index in [4.69, 9.17) is 21.0 Å². The van der Waals surface area contributed by atoms with E-state index < -0.39 is 0 Å². The fraction of sp³-hybridized carbons (Fsp3) is 0.423. The topological polar surface area (TPSA) is 163 Å². The fourth-order valence-electron chi connectivity index (χ4n) is 4.83. The molecular formula is C26H35N7O3. The van der Waals surface area contributed by atoms with Gasteiger partial charge in [-0.15, -0.1) is 0 Å². The van der Waals surface area contributed by atoms with Crippen molar-refractivity contribution >= 4 is 18.0 Å². The Kier molecular flexibility index (Phi) is 7.52. The zero-order valence-electron chi connectivity index (χ0n) is 20.7. The molecule has 5 rings (SSSR count). The maximum absolute atomic E-state index is 12.0. The number of nitrogens with zero attached hydrogens (tertiary/aromatic N) is 2. The van der Waals surface area contributed by atoms with Gasteiger partial charge in [-0.1, -0.05) is 12.1 Å². The van der Waals surface area contributed by atoms with E-state index in [1.165, 1.54) is 19.3 Å². The minimum Gasteiger partial charge on any atom is -0.494 e. The molecule has 192 valence electrons. The van der Waals surface area contributed by atoms with Crippen molar-refractivity contribution in [1.29, 1.82) is 0 Å². The highest BCUT2D eigenvalue weighted by Crippen LogP contribution is 2.56. The summed E-state index contributed by atoms with van der Waals surface area (Å²) in [6, 6.07) is 6.42. The number of carbonyl (C=O) groups excluding carboxylic acids is 2. The van der Waals surface area contributed by atoms with Crippen LogP contribution in [0.15, 0.2) is 53.9 Å². The summed E-state index contributed by atoms with van der Waals surface area (Å²) < 4.78 is 7.91. The van der Waals surface area contributed by atoms with Gasteiger partial charge in [0.2, 0.25) is 12.3 Å². The van der Waals surface area contributed by atoms with Gasteiger partial charge in [0.25, 0.3) is 0 Å². The van der Waals surface area contributed by atoms with E-state index in [1.807, 2.05) is 24.4 Å². The molecule has 36 heavy (non-hydrogen) atoms. The second kappa shape index (κ2) is 10.8. The van der Waals surface area contributed by atoms with Crippen molar-refractivity contribution < 1.29 is 14.3 Å². The van der Waals surface area contributed by atoms with Gasteiger partial charge in [-0.25, -0.2) is 0 Å². The van der Waals surface area contributed by atoms with E-state index in [0.717, 1.165) is 41.5 Å². The van der Waals surface area contributed by atoms with E-state index in [1.54, 1.807) is 20.1 Å². The molecule has 2 unspecified atom stereocenters. The summed E-state index contributed by atoms with van der Waals surface area (Å²) in [7, 11) is 1.65. The first-order chi connectivity index (χ1) is 17.3. The third-order valence-corrected chi connectivity index (χ3v) is 6.93. The van der Waals surface area contributed by atoms with Crippen molar-refractivity contribution in [2.45, 2.75) is 45.1 Å². The molecule has 10 heteroatoms. The van der Waals surface area contributed by atoms with Crippen LogP contribution in [-0.4, -0.2) is 29.2 Å². The molecule has 3 saturated carbocycles. The number of hydrogen-bond acceptors (Lipinski definition) is 7. The summed E-state index contributed by atoms with van der Waals surface area (Å²) in [5.41, 5.74) is 20.2. The maximum atomic E-state index is 12.0. The van der Waals surface area contributed by atoms with Crippen molar-refractivity contribution in [2.24, 2.45) is 35.0 Å². The number of nitrogens with two attached hydrogens (primary N) is 3. The summed E-state index contributed by atoms with van der Waals surface area (Å²) in [5, 5.41) is 10.7. The number of carbonyl (C=O) groups is 2. The van der Waals surface area contributed by atoms with Crippen LogP contribution in [0.5, 0.6) is 5.75 Å². The monoisotopic (exact) mass is 493 g/mol. The molecule has 2 aromatic rings. The van der Waals surface area contributed by atoms with Gasteiger partial charge in [-0.2, -0.15) is 5.10 Å². The van der Waals surface area contributed by atoms with Gasteiger partial charge < -0.3 is 32.6 Å². The highest BCUT2D eigenvalue weighted by Gasteiger charge is 2.46. The summed E-state index contributed by atoms with van der Waals surface area (Å²) >= 11 is 0. The van der Waals surface area contributed by atoms with Crippen LogP contribution >= 0.6 is 0 Å². The van der Waals surface area contributed by atoms with E-state index in [-0.39, 0.29) is 24.1 Å². The van der Waals surface area contributed by atoms with E-state index in [2.05, 4.69) is 32.3 Å². The Morgan fingerprint density at radius 2 is 1.89 bits per heavy atom. The number of methoxy groups -OCH3 is 1. The lowest BCUT2D eigenvalue weighted by Gasteiger charge is -2.17. The van der Waals surface area contributed by atoms with Gasteiger partial charge in [-0.3, -0.25) is 14.3 Å². The zero-order valence-corrected chi connectivity index (χ0v) is 20.7. The number of benzene rings is 1. The second-order valence-corrected chi connectivity index (χ2v) is 9.70. The number of rotatable bonds is 8. The molecule has 3 aliphatic rings. The lowest BCUT2D eigenvalue weighted by Crippen LogP contribution is -2.29. The number of hydrogen-bond donors (Lipinski definition) is 5. The van der Waals surface area contributed by atoms with Gasteiger partial charge in [-0.05, 0) is 56.9 Å². The number of amides is 2. The summed E-state index contributed by atoms with van der Waals surface area (Å²) in [6.07, 6.45) is 11.6. The number of allylic oxidation sites excluding steroid dienone is 2. The molecule has 0 radical (unpaired) electrons. The van der Waals surface area contributed by atoms with Gasteiger partial charge in [0.05, 0.1) is 30.7 Å². The van der Waals surface area contributed by atoms with Crippen LogP contribution in [0.25, 0.3) is 11.1 Å². The molecule has 1 aromatic carbocycles. The largest absolute Gasteiger partial charge is 0.494 e. The van der Waals surface area contributed by atoms with Crippen molar-refractivity contribution in [3.8, 4) is 16.9 Å². The molecular weight excluding hydrogens is 458 g/mol. The molecule has 1 heterocycles. The molecule has 2 atom stereocenters. The Bertz CT molecular complexity index is 1170. The molecule has 3 fully saturated rings. The average Bonchev–Trinajstić information content (AvgIpc) is 3.74. The van der Waals surface area contributed by atoms with Crippen LogP contribution in [0.3, 0.4) is 0 Å². The summed E-state index contributed by atoms with van der Waals surface area (Å²) in [6.45, 7) is 1.78. The van der Waals surface area contributed by atoms with Gasteiger partial charge in [0.1, 0.15) is 11.6 Å². The summed E-state index contributed by atoms with van der Waals surface area (Å²) in [5.74, 6) is 2.79. The van der Waals surface area contributed by atoms with Crippen LogP contribution in [-0.2, 0) is 9.59 Å². The van der Waals surface area contributed by atoms with E-state index in [0.29, 0.717) is 23.2 Å². The Hall–Kier alpha value is -3.95. The van der Waals surface area contributed by atoms with E-state index >= 15 is 0 Å². The first kappa shape index (κ1) is 25.2. The second-order valence-electron chi connectivity index (χ2n) is 9.70. The molecule has 0 spiro atoms. The fourth-order valence-corrected chi connectivity index (χ4v) is 4.83. The zero-order chi connectivity index (χ0) is 25.8. The molecule has 0 saturated heterocycles. The van der Waals surface area contributed by atoms with Crippen LogP contribution in [0.4, 0.5) is 5.69 Å². The lowest BCUT2D eigenvalue weighted by molar-refractivity contribution is -0.121. The molecule has 0 bridgehead atoms. The van der Waals surface area contributed by atoms with Crippen LogP contribution in [0, 0.1) is 17.8 Å². The quantitative estimate of drug-likeness (QED) is 0.279. The number of ether oxygens (including phenoxy) is 1. The standard InChI is InChI=1S/C25H32N6O2.CH3NO/c1-14(26)22(11-23(27)30-25(32)15-6-7-15)29-21-5-3-4-20(24(21)33-2)18-12-28-31(13-18)19-9-16-8-17(16)10-19;2-1-3/h3-5,11-13,15-17,19,29H,6-10,26-27H2,1-2H3,(H,30,32);1H,(H2,2,3)/b22-14+,23-11+;. The first-order valence-electron chi connectivity index (χ1n) is 12.2. The minimum absolute atomic E-state index is 0.0473. The third kappa shape index (κ3) is 5.81. The number of para-hydroxylation sites is 1. The molecule has 0 aliphatic heterocycles. The molecule has 10 nitrogen and oxygen atoms in total. The Labute approximate surface area is 210 Å².